The van der Waals surface area contributed by atoms with Crippen LogP contribution in [0.15, 0.2) is 11.2 Å². The monoisotopic (exact) mass is 328 g/mol. The maximum atomic E-state index is 12.3. The van der Waals surface area contributed by atoms with Gasteiger partial charge in [-0.15, -0.1) is 0 Å². The minimum absolute atomic E-state index is 2.01. The number of hydrogen-bond donors (Lipinski definition) is 1. The summed E-state index contributed by atoms with van der Waals surface area (Å²) < 4.78 is 137. The van der Waals surface area contributed by atoms with E-state index in [0.717, 1.165) is 0 Å². The average molecular weight is 328 g/mol. The Balaban J connectivity index is 5.53. The van der Waals surface area contributed by atoms with Crippen molar-refractivity contribution >= 4 is 10.1 Å². The van der Waals surface area contributed by atoms with Crippen LogP contribution < -0.4 is 0 Å². The Hall–Kier alpha value is -1.18. The average Bonchev–Trinajstić information content (AvgIpc) is 2.12. The van der Waals surface area contributed by atoms with Crippen molar-refractivity contribution < 1.29 is 57.2 Å². The van der Waals surface area contributed by atoms with Crippen molar-refractivity contribution in [3.05, 3.63) is 11.2 Å². The van der Waals surface area contributed by atoms with E-state index in [9.17, 15) is 47.9 Å². The molecular formula is C5HF9O4S. The lowest BCUT2D eigenvalue weighted by Crippen LogP contribution is -2.53. The molecular weight excluding hydrogens is 327 g/mol. The molecule has 0 aromatic heterocycles. The van der Waals surface area contributed by atoms with Crippen LogP contribution in [-0.2, 0) is 14.9 Å². The molecule has 1 N–H and O–H groups in total. The zero-order valence-corrected chi connectivity index (χ0v) is 8.80. The van der Waals surface area contributed by atoms with Crippen molar-refractivity contribution in [1.29, 1.82) is 0 Å². The van der Waals surface area contributed by atoms with Gasteiger partial charge in [-0.25, -0.2) is 0 Å². The number of halogens is 9. The summed E-state index contributed by atoms with van der Waals surface area (Å²) >= 11 is 0. The first-order valence-corrected chi connectivity index (χ1v) is 5.02. The van der Waals surface area contributed by atoms with Gasteiger partial charge in [0.1, 0.15) is 0 Å². The highest BCUT2D eigenvalue weighted by molar-refractivity contribution is 7.89. The molecule has 0 bridgehead atoms. The summed E-state index contributed by atoms with van der Waals surface area (Å²) in [6.45, 7) is 0. The molecule has 114 valence electrons. The van der Waals surface area contributed by atoms with E-state index in [-0.39, 0.29) is 0 Å². The van der Waals surface area contributed by atoms with Crippen LogP contribution in [0.1, 0.15) is 0 Å². The molecule has 0 rings (SSSR count). The predicted octanol–water partition coefficient (Wildman–Crippen LogP) is 2.75. The smallest absolute Gasteiger partial charge is 0.399 e. The summed E-state index contributed by atoms with van der Waals surface area (Å²) in [5.41, 5.74) is 0. The minimum atomic E-state index is -6.95. The maximum absolute atomic E-state index is 12.3. The molecule has 14 heteroatoms. The predicted molar refractivity (Wildman–Crippen MR) is 37.8 cm³/mol. The highest BCUT2D eigenvalue weighted by atomic mass is 32.2. The van der Waals surface area contributed by atoms with E-state index < -0.39 is 39.5 Å². The first-order chi connectivity index (χ1) is 8.04. The van der Waals surface area contributed by atoms with Gasteiger partial charge < -0.3 is 4.74 Å². The van der Waals surface area contributed by atoms with Gasteiger partial charge in [0.15, 0.2) is 0 Å². The Kier molecular flexibility index (Phi) is 4.44. The molecule has 0 saturated carbocycles. The third kappa shape index (κ3) is 3.65. The highest BCUT2D eigenvalue weighted by Crippen LogP contribution is 2.48. The number of alkyl halides is 7. The molecule has 0 saturated heterocycles. The Morgan fingerprint density at radius 3 is 1.58 bits per heavy atom. The maximum Gasteiger partial charge on any atom is 0.476 e. The summed E-state index contributed by atoms with van der Waals surface area (Å²) in [4.78, 5) is 0. The minimum Gasteiger partial charge on any atom is -0.399 e. The van der Waals surface area contributed by atoms with Crippen LogP contribution in [0.25, 0.3) is 0 Å². The lowest BCUT2D eigenvalue weighted by atomic mass is 10.3. The quantitative estimate of drug-likeness (QED) is 0.490. The van der Waals surface area contributed by atoms with Crippen LogP contribution >= 0.6 is 0 Å². The van der Waals surface area contributed by atoms with Crippen LogP contribution in [0.2, 0.25) is 0 Å². The molecule has 0 heterocycles. The second-order valence-electron chi connectivity index (χ2n) is 2.71. The van der Waals surface area contributed by atoms with Crippen molar-refractivity contribution in [3.63, 3.8) is 0 Å². The third-order valence-electron chi connectivity index (χ3n) is 1.32. The van der Waals surface area contributed by atoms with E-state index in [4.69, 9.17) is 4.55 Å². The Labute approximate surface area is 97.7 Å². The van der Waals surface area contributed by atoms with Crippen LogP contribution in [0.3, 0.4) is 0 Å². The SMILES string of the molecule is O=S(=O)(O)/C(F)=C(/F)OC(F)(F)C(F)(F)C(F)(F)F. The molecule has 0 fully saturated rings. The van der Waals surface area contributed by atoms with E-state index in [1.54, 1.807) is 0 Å². The molecule has 0 atom stereocenters. The molecule has 0 aromatic rings. The molecule has 0 amide bonds. The van der Waals surface area contributed by atoms with Gasteiger partial charge in [-0.2, -0.15) is 47.9 Å². The third-order valence-corrected chi connectivity index (χ3v) is 1.93. The van der Waals surface area contributed by atoms with E-state index in [2.05, 4.69) is 0 Å². The molecule has 4 nitrogen and oxygen atoms in total. The molecule has 19 heavy (non-hydrogen) atoms. The van der Waals surface area contributed by atoms with Gasteiger partial charge in [-0.05, 0) is 0 Å². The normalized spacial score (nSPS) is 16.1. The number of ether oxygens (including phenoxy) is 1. The fraction of sp³-hybridized carbons (Fsp3) is 0.600. The van der Waals surface area contributed by atoms with E-state index in [1.807, 2.05) is 4.74 Å². The Morgan fingerprint density at radius 2 is 1.32 bits per heavy atom. The van der Waals surface area contributed by atoms with Crippen molar-refractivity contribution in [2.24, 2.45) is 0 Å². The van der Waals surface area contributed by atoms with Gasteiger partial charge in [-0.1, -0.05) is 0 Å². The van der Waals surface area contributed by atoms with Crippen molar-refractivity contribution in [3.8, 4) is 0 Å². The first-order valence-electron chi connectivity index (χ1n) is 3.58. The molecule has 0 unspecified atom stereocenters. The topological polar surface area (TPSA) is 63.6 Å². The second-order valence-corrected chi connectivity index (χ2v) is 4.02. The van der Waals surface area contributed by atoms with E-state index in [0.29, 0.717) is 0 Å². The van der Waals surface area contributed by atoms with E-state index >= 15 is 0 Å². The molecule has 0 aliphatic carbocycles. The number of rotatable bonds is 4. The standard InChI is InChI=1S/C5HF9O4S/c6-1(2(7)19(15,16)17)18-5(13,14)3(8,9)4(10,11)12/h(H,15,16,17)/b2-1-. The van der Waals surface area contributed by atoms with Gasteiger partial charge in [0.25, 0.3) is 0 Å². The van der Waals surface area contributed by atoms with Crippen molar-refractivity contribution in [2.75, 3.05) is 0 Å². The largest absolute Gasteiger partial charge is 0.476 e. The summed E-state index contributed by atoms with van der Waals surface area (Å²) in [6.07, 6.45) is -13.6. The van der Waals surface area contributed by atoms with Crippen LogP contribution in [0, 0.1) is 0 Å². The van der Waals surface area contributed by atoms with Crippen molar-refractivity contribution in [1.82, 2.24) is 0 Å². The summed E-state index contributed by atoms with van der Waals surface area (Å²) in [5, 5.41) is -3.50. The van der Waals surface area contributed by atoms with Gasteiger partial charge in [-0.3, -0.25) is 4.55 Å². The molecule has 0 spiro atoms. The fourth-order valence-corrected chi connectivity index (χ4v) is 0.728. The first kappa shape index (κ1) is 17.8. The number of hydrogen-bond acceptors (Lipinski definition) is 3. The van der Waals surface area contributed by atoms with Crippen LogP contribution in [0.4, 0.5) is 39.5 Å². The lowest BCUT2D eigenvalue weighted by Gasteiger charge is -2.26. The van der Waals surface area contributed by atoms with Crippen LogP contribution in [0.5, 0.6) is 0 Å². The van der Waals surface area contributed by atoms with E-state index in [1.165, 1.54) is 0 Å². The highest BCUT2D eigenvalue weighted by Gasteiger charge is 2.76. The molecule has 0 aliphatic rings. The summed E-state index contributed by atoms with van der Waals surface area (Å²) in [5.74, 6) is -6.95. The lowest BCUT2D eigenvalue weighted by molar-refractivity contribution is -0.419. The van der Waals surface area contributed by atoms with Crippen molar-refractivity contribution in [2.45, 2.75) is 18.2 Å². The van der Waals surface area contributed by atoms with Gasteiger partial charge in [0.2, 0.25) is 0 Å². The van der Waals surface area contributed by atoms with Gasteiger partial charge in [0.05, 0.1) is 0 Å². The summed E-state index contributed by atoms with van der Waals surface area (Å²) in [7, 11) is -6.10. The Bertz CT molecular complexity index is 475. The molecule has 0 aliphatic heterocycles. The Morgan fingerprint density at radius 1 is 0.947 bits per heavy atom. The van der Waals surface area contributed by atoms with Gasteiger partial charge >= 0.3 is 39.5 Å². The molecule has 0 aromatic carbocycles. The fourth-order valence-electron chi connectivity index (χ4n) is 0.483. The van der Waals surface area contributed by atoms with Crippen LogP contribution in [-0.4, -0.2) is 31.2 Å². The zero-order valence-electron chi connectivity index (χ0n) is 7.98. The van der Waals surface area contributed by atoms with Gasteiger partial charge in [0, 0.05) is 0 Å². The summed E-state index contributed by atoms with van der Waals surface area (Å²) in [6, 6.07) is -3.67. The second kappa shape index (κ2) is 4.73. The molecule has 0 radical (unpaired) electrons. The zero-order chi connectivity index (χ0) is 15.9.